The van der Waals surface area contributed by atoms with Crippen molar-refractivity contribution < 1.29 is 9.53 Å². The van der Waals surface area contributed by atoms with Crippen LogP contribution in [-0.4, -0.2) is 31.5 Å². The molecule has 0 N–H and O–H groups in total. The van der Waals surface area contributed by atoms with E-state index < -0.39 is 18.4 Å². The molecule has 0 aliphatic carbocycles. The summed E-state index contributed by atoms with van der Waals surface area (Å²) in [6, 6.07) is 0. The van der Waals surface area contributed by atoms with Crippen LogP contribution in [0.15, 0.2) is 12.2 Å². The van der Waals surface area contributed by atoms with E-state index in [0.717, 1.165) is 0 Å². The van der Waals surface area contributed by atoms with Gasteiger partial charge in [0.1, 0.15) is 0 Å². The SMILES string of the molecule is CCC[CH2][Sn]([C]#C/C=C\C(=O)OC)([CH2]CCC)[CH2]CCC. The molecule has 120 valence electrons. The number of methoxy groups -OCH3 is 1. The summed E-state index contributed by atoms with van der Waals surface area (Å²) < 4.78 is 12.4. The molecule has 3 heteroatoms. The topological polar surface area (TPSA) is 26.3 Å². The molecule has 0 aromatic heterocycles. The maximum absolute atomic E-state index is 11.1. The standard InChI is InChI=1S/C6H5O2.3C4H9.Sn/c1-3-4-5-6(7)8-2;3*1-3-4-2;/h4-5H,2H3;3*1,3-4H2,2H3;/b5-4-;;;;. The molecule has 0 unspecified atom stereocenters. The Kier molecular flexibility index (Phi) is 13.0. The first-order valence-electron chi connectivity index (χ1n) is 8.41. The van der Waals surface area contributed by atoms with E-state index in [1.54, 1.807) is 6.08 Å². The summed E-state index contributed by atoms with van der Waals surface area (Å²) in [5.74, 6) is 2.86. The monoisotopic (exact) mass is 400 g/mol. The van der Waals surface area contributed by atoms with Crippen molar-refractivity contribution in [1.29, 1.82) is 0 Å². The normalized spacial score (nSPS) is 11.2. The van der Waals surface area contributed by atoms with Crippen molar-refractivity contribution in [3.8, 4) is 9.86 Å². The van der Waals surface area contributed by atoms with Crippen molar-refractivity contribution in [2.75, 3.05) is 7.11 Å². The molecule has 0 radical (unpaired) electrons. The third-order valence-corrected chi connectivity index (χ3v) is 17.0. The summed E-state index contributed by atoms with van der Waals surface area (Å²) in [6.45, 7) is 6.79. The third-order valence-electron chi connectivity index (χ3n) is 3.87. The van der Waals surface area contributed by atoms with Crippen LogP contribution in [0.5, 0.6) is 0 Å². The predicted molar refractivity (Wildman–Crippen MR) is 93.8 cm³/mol. The van der Waals surface area contributed by atoms with E-state index in [2.05, 4.69) is 35.4 Å². The van der Waals surface area contributed by atoms with Gasteiger partial charge in [-0.25, -0.2) is 0 Å². The third kappa shape index (κ3) is 10.0. The van der Waals surface area contributed by atoms with Crippen molar-refractivity contribution in [3.63, 3.8) is 0 Å². The number of rotatable bonds is 10. The molecule has 0 amide bonds. The molecule has 21 heavy (non-hydrogen) atoms. The van der Waals surface area contributed by atoms with Crippen LogP contribution in [0.1, 0.15) is 59.3 Å². The van der Waals surface area contributed by atoms with Crippen molar-refractivity contribution in [1.82, 2.24) is 0 Å². The number of unbranched alkanes of at least 4 members (excludes halogenated alkanes) is 3. The van der Waals surface area contributed by atoms with E-state index >= 15 is 0 Å². The number of allylic oxidation sites excluding steroid dienone is 1. The molecule has 0 saturated carbocycles. The van der Waals surface area contributed by atoms with Gasteiger partial charge in [-0.1, -0.05) is 0 Å². The summed E-state index contributed by atoms with van der Waals surface area (Å²) in [5, 5.41) is 0. The van der Waals surface area contributed by atoms with Gasteiger partial charge < -0.3 is 0 Å². The van der Waals surface area contributed by atoms with Gasteiger partial charge in [-0.3, -0.25) is 0 Å². The van der Waals surface area contributed by atoms with Gasteiger partial charge >= 0.3 is 136 Å². The molecule has 0 aromatic rings. The van der Waals surface area contributed by atoms with E-state index in [4.69, 9.17) is 0 Å². The van der Waals surface area contributed by atoms with Crippen LogP contribution in [0.25, 0.3) is 0 Å². The maximum atomic E-state index is 11.1. The minimum absolute atomic E-state index is 0.319. The summed E-state index contributed by atoms with van der Waals surface area (Å²) >= 11 is -2.34. The minimum atomic E-state index is -2.34. The van der Waals surface area contributed by atoms with E-state index in [9.17, 15) is 4.79 Å². The van der Waals surface area contributed by atoms with Crippen LogP contribution in [0.2, 0.25) is 13.3 Å². The molecular formula is C18H32O2Sn. The van der Waals surface area contributed by atoms with Gasteiger partial charge in [0, 0.05) is 0 Å². The Hall–Kier alpha value is -0.431. The van der Waals surface area contributed by atoms with Gasteiger partial charge in [0.05, 0.1) is 0 Å². The van der Waals surface area contributed by atoms with Crippen LogP contribution >= 0.6 is 0 Å². The van der Waals surface area contributed by atoms with E-state index in [1.165, 1.54) is 65.0 Å². The Balaban J connectivity index is 4.97. The fourth-order valence-electron chi connectivity index (χ4n) is 2.48. The number of carbonyl (C=O) groups excluding carboxylic acids is 1. The molecule has 0 spiro atoms. The predicted octanol–water partition coefficient (Wildman–Crippen LogP) is 5.11. The van der Waals surface area contributed by atoms with Crippen molar-refractivity contribution in [2.45, 2.75) is 72.6 Å². The molecule has 0 atom stereocenters. The average Bonchev–Trinajstić information content (AvgIpc) is 2.52. The van der Waals surface area contributed by atoms with Gasteiger partial charge in [-0.05, 0) is 0 Å². The Bertz CT molecular complexity index is 341. The molecule has 0 aliphatic heterocycles. The molecule has 0 bridgehead atoms. The van der Waals surface area contributed by atoms with Crippen LogP contribution in [0.3, 0.4) is 0 Å². The Morgan fingerprint density at radius 2 is 1.48 bits per heavy atom. The first kappa shape index (κ1) is 20.6. The number of carbonyl (C=O) groups is 1. The summed E-state index contributed by atoms with van der Waals surface area (Å²) in [6.07, 6.45) is 10.9. The summed E-state index contributed by atoms with van der Waals surface area (Å²) in [7, 11) is 1.40. The molecule has 0 fully saturated rings. The van der Waals surface area contributed by atoms with Crippen LogP contribution < -0.4 is 0 Å². The van der Waals surface area contributed by atoms with Gasteiger partial charge in [-0.15, -0.1) is 0 Å². The summed E-state index contributed by atoms with van der Waals surface area (Å²) in [5.41, 5.74) is 0. The zero-order valence-electron chi connectivity index (χ0n) is 14.3. The van der Waals surface area contributed by atoms with E-state index in [-0.39, 0.29) is 5.97 Å². The molecule has 2 nitrogen and oxygen atoms in total. The quantitative estimate of drug-likeness (QED) is 0.221. The molecule has 0 heterocycles. The van der Waals surface area contributed by atoms with Gasteiger partial charge in [0.2, 0.25) is 0 Å². The summed E-state index contributed by atoms with van der Waals surface area (Å²) in [4.78, 5) is 11.1. The fourth-order valence-corrected chi connectivity index (χ4v) is 15.6. The van der Waals surface area contributed by atoms with Crippen molar-refractivity contribution in [3.05, 3.63) is 12.2 Å². The molecule has 0 saturated heterocycles. The first-order chi connectivity index (χ1) is 10.1. The molecular weight excluding hydrogens is 367 g/mol. The second-order valence-electron chi connectivity index (χ2n) is 5.72. The van der Waals surface area contributed by atoms with Crippen molar-refractivity contribution in [2.24, 2.45) is 0 Å². The van der Waals surface area contributed by atoms with Gasteiger partial charge in [0.15, 0.2) is 0 Å². The molecule has 0 aromatic carbocycles. The second kappa shape index (κ2) is 13.2. The number of hydrogen-bond acceptors (Lipinski definition) is 2. The average molecular weight is 399 g/mol. The van der Waals surface area contributed by atoms with E-state index in [0.29, 0.717) is 0 Å². The molecule has 0 rings (SSSR count). The number of ether oxygens (including phenoxy) is 1. The first-order valence-corrected chi connectivity index (χ1v) is 15.9. The zero-order valence-corrected chi connectivity index (χ0v) is 17.2. The molecule has 0 aliphatic rings. The van der Waals surface area contributed by atoms with Gasteiger partial charge in [0.25, 0.3) is 0 Å². The number of esters is 1. The van der Waals surface area contributed by atoms with Crippen LogP contribution in [-0.2, 0) is 9.53 Å². The Morgan fingerprint density at radius 3 is 1.86 bits per heavy atom. The van der Waals surface area contributed by atoms with Crippen LogP contribution in [0.4, 0.5) is 0 Å². The second-order valence-corrected chi connectivity index (χ2v) is 18.0. The fraction of sp³-hybridized carbons (Fsp3) is 0.722. The Labute approximate surface area is 135 Å². The van der Waals surface area contributed by atoms with E-state index in [1.807, 2.05) is 0 Å². The zero-order chi connectivity index (χ0) is 16.0. The van der Waals surface area contributed by atoms with Crippen LogP contribution in [0, 0.1) is 9.86 Å². The number of hydrogen-bond donors (Lipinski definition) is 0. The van der Waals surface area contributed by atoms with Crippen molar-refractivity contribution >= 4 is 24.3 Å². The Morgan fingerprint density at radius 1 is 1.00 bits per heavy atom. The van der Waals surface area contributed by atoms with Gasteiger partial charge in [-0.2, -0.15) is 0 Å².